The van der Waals surface area contributed by atoms with Crippen molar-refractivity contribution in [3.8, 4) is 0 Å². The first-order valence-corrected chi connectivity index (χ1v) is 10.2. The first-order valence-electron chi connectivity index (χ1n) is 10.2. The van der Waals surface area contributed by atoms with Gasteiger partial charge in [-0.1, -0.05) is 0 Å². The minimum absolute atomic E-state index is 0.00975. The summed E-state index contributed by atoms with van der Waals surface area (Å²) in [6.45, 7) is 0. The van der Waals surface area contributed by atoms with Crippen molar-refractivity contribution in [3.05, 3.63) is 50.4 Å². The van der Waals surface area contributed by atoms with Crippen LogP contribution in [-0.4, -0.2) is 46.8 Å². The molecule has 10 heteroatoms. The van der Waals surface area contributed by atoms with E-state index < -0.39 is 52.3 Å². The lowest BCUT2D eigenvalue weighted by Crippen LogP contribution is -2.43. The fourth-order valence-electron chi connectivity index (χ4n) is 5.50. The van der Waals surface area contributed by atoms with Crippen molar-refractivity contribution in [1.82, 2.24) is 4.98 Å². The number of H-pyrrole nitrogens is 1. The first kappa shape index (κ1) is 20.1. The summed E-state index contributed by atoms with van der Waals surface area (Å²) in [7, 11) is 3.63. The van der Waals surface area contributed by atoms with Crippen LogP contribution in [-0.2, 0) is 16.0 Å². The van der Waals surface area contributed by atoms with Crippen LogP contribution in [0, 0.1) is 17.8 Å². The van der Waals surface area contributed by atoms with E-state index >= 15 is 0 Å². The molecule has 0 spiro atoms. The number of nitrogens with zero attached hydrogens (tertiary/aromatic N) is 1. The Balaban J connectivity index is 1.72. The molecule has 5 N–H and O–H groups in total. The molecule has 3 unspecified atom stereocenters. The van der Waals surface area contributed by atoms with E-state index in [0.717, 1.165) is 5.69 Å². The Morgan fingerprint density at radius 3 is 2.59 bits per heavy atom. The molecular formula is C22H21N3O7. The number of carbonyl (C=O) groups is 3. The molecule has 166 valence electrons. The van der Waals surface area contributed by atoms with Gasteiger partial charge in [0.25, 0.3) is 5.91 Å². The molecule has 0 saturated carbocycles. The number of aromatic nitrogens is 1. The summed E-state index contributed by atoms with van der Waals surface area (Å²) < 4.78 is 5.25. The number of rotatable bonds is 2. The number of nitrogens with two attached hydrogens (primary N) is 1. The van der Waals surface area contributed by atoms with Gasteiger partial charge < -0.3 is 25.3 Å². The van der Waals surface area contributed by atoms with Gasteiger partial charge in [0.1, 0.15) is 17.1 Å². The molecule has 10 nitrogen and oxygen atoms in total. The third-order valence-electron chi connectivity index (χ3n) is 6.76. The van der Waals surface area contributed by atoms with E-state index in [-0.39, 0.29) is 28.9 Å². The zero-order valence-electron chi connectivity index (χ0n) is 17.4. The molecule has 5 rings (SSSR count). The van der Waals surface area contributed by atoms with Gasteiger partial charge in [-0.15, -0.1) is 0 Å². The number of Topliss-reactive ketones (excluding diaryl/α,β-unsaturated/α-hetero) is 2. The molecule has 1 amide bonds. The quantitative estimate of drug-likeness (QED) is 0.507. The number of carbonyl (C=O) groups excluding carboxylic acids is 3. The SMILES string of the molecule is CN(C)c1cc2[nH]c(=O)oc2c2c1CC1CC3CC(O)=C(C(N)=O)C(=O)C3C(O)=C1C2=O. The Hall–Kier alpha value is -3.82. The van der Waals surface area contributed by atoms with Crippen molar-refractivity contribution in [1.29, 1.82) is 0 Å². The highest BCUT2D eigenvalue weighted by Crippen LogP contribution is 2.50. The van der Waals surface area contributed by atoms with Gasteiger partial charge in [0.2, 0.25) is 0 Å². The number of allylic oxidation sites excluding steroid dienone is 3. The molecule has 3 atom stereocenters. The third kappa shape index (κ3) is 2.58. The lowest BCUT2D eigenvalue weighted by Gasteiger charge is -2.41. The smallest absolute Gasteiger partial charge is 0.417 e. The maximum Gasteiger partial charge on any atom is 0.417 e. The number of primary amides is 1. The summed E-state index contributed by atoms with van der Waals surface area (Å²) >= 11 is 0. The molecule has 3 aliphatic carbocycles. The van der Waals surface area contributed by atoms with E-state index in [1.54, 1.807) is 6.07 Å². The number of anilines is 1. The number of aromatic amines is 1. The Bertz CT molecular complexity index is 1360. The monoisotopic (exact) mass is 439 g/mol. The second kappa shape index (κ2) is 6.59. The Morgan fingerprint density at radius 2 is 1.94 bits per heavy atom. The molecule has 1 heterocycles. The van der Waals surface area contributed by atoms with Gasteiger partial charge in [-0.25, -0.2) is 4.79 Å². The lowest BCUT2D eigenvalue weighted by molar-refractivity contribution is -0.126. The number of amides is 1. The number of benzene rings is 1. The minimum atomic E-state index is -1.13. The zero-order chi connectivity index (χ0) is 23.1. The summed E-state index contributed by atoms with van der Waals surface area (Å²) in [4.78, 5) is 54.5. The minimum Gasteiger partial charge on any atom is -0.511 e. The average molecular weight is 439 g/mol. The number of aliphatic hydroxyl groups is 2. The van der Waals surface area contributed by atoms with Crippen LogP contribution >= 0.6 is 0 Å². The first-order chi connectivity index (χ1) is 15.1. The normalized spacial score (nSPS) is 25.0. The van der Waals surface area contributed by atoms with E-state index in [0.29, 0.717) is 23.9 Å². The van der Waals surface area contributed by atoms with Crippen LogP contribution < -0.4 is 16.4 Å². The van der Waals surface area contributed by atoms with Crippen molar-refractivity contribution < 1.29 is 29.0 Å². The van der Waals surface area contributed by atoms with Crippen molar-refractivity contribution in [2.24, 2.45) is 23.5 Å². The second-order valence-electron chi connectivity index (χ2n) is 8.79. The topological polar surface area (TPSA) is 167 Å². The van der Waals surface area contributed by atoms with Crippen molar-refractivity contribution in [3.63, 3.8) is 0 Å². The molecule has 1 aromatic heterocycles. The lowest BCUT2D eigenvalue weighted by atomic mass is 9.62. The summed E-state index contributed by atoms with van der Waals surface area (Å²) in [5.41, 5.74) is 6.87. The largest absolute Gasteiger partial charge is 0.511 e. The van der Waals surface area contributed by atoms with Gasteiger partial charge in [-0.2, -0.15) is 0 Å². The number of aliphatic hydroxyl groups excluding tert-OH is 2. The predicted octanol–water partition coefficient (Wildman–Crippen LogP) is 1.26. The van der Waals surface area contributed by atoms with Gasteiger partial charge in [-0.3, -0.25) is 19.4 Å². The van der Waals surface area contributed by atoms with Crippen molar-refractivity contribution >= 4 is 34.3 Å². The number of ketones is 2. The molecule has 0 radical (unpaired) electrons. The van der Waals surface area contributed by atoms with Crippen LogP contribution in [0.15, 0.2) is 37.9 Å². The Morgan fingerprint density at radius 1 is 1.22 bits per heavy atom. The van der Waals surface area contributed by atoms with Crippen molar-refractivity contribution in [2.45, 2.75) is 19.3 Å². The van der Waals surface area contributed by atoms with Crippen LogP contribution in [0.25, 0.3) is 11.1 Å². The number of hydrogen-bond acceptors (Lipinski definition) is 8. The fraction of sp³-hybridized carbons (Fsp3) is 0.364. The molecule has 2 aromatic rings. The molecule has 32 heavy (non-hydrogen) atoms. The number of oxazole rings is 1. The summed E-state index contributed by atoms with van der Waals surface area (Å²) in [5, 5.41) is 21.3. The summed E-state index contributed by atoms with van der Waals surface area (Å²) in [6.07, 6.45) is 0.748. The highest BCUT2D eigenvalue weighted by atomic mass is 16.4. The molecule has 1 aromatic carbocycles. The van der Waals surface area contributed by atoms with Crippen LogP contribution in [0.5, 0.6) is 0 Å². The summed E-state index contributed by atoms with van der Waals surface area (Å²) in [5.74, 6) is -5.85. The Labute approximate surface area is 181 Å². The molecule has 0 saturated heterocycles. The van der Waals surface area contributed by atoms with E-state index in [2.05, 4.69) is 4.98 Å². The number of fused-ring (bicyclic) bond motifs is 5. The highest BCUT2D eigenvalue weighted by molar-refractivity contribution is 6.22. The van der Waals surface area contributed by atoms with Crippen molar-refractivity contribution in [2.75, 3.05) is 19.0 Å². The van der Waals surface area contributed by atoms with Crippen LogP contribution in [0.4, 0.5) is 5.69 Å². The van der Waals surface area contributed by atoms with Gasteiger partial charge in [0, 0.05) is 31.8 Å². The van der Waals surface area contributed by atoms with Gasteiger partial charge in [0.15, 0.2) is 17.1 Å². The van der Waals surface area contributed by atoms with Crippen LogP contribution in [0.3, 0.4) is 0 Å². The maximum atomic E-state index is 13.6. The maximum absolute atomic E-state index is 13.6. The predicted molar refractivity (Wildman–Crippen MR) is 112 cm³/mol. The van der Waals surface area contributed by atoms with E-state index in [4.69, 9.17) is 10.2 Å². The third-order valence-corrected chi connectivity index (χ3v) is 6.76. The van der Waals surface area contributed by atoms with Crippen LogP contribution in [0.2, 0.25) is 0 Å². The molecule has 0 fully saturated rings. The summed E-state index contributed by atoms with van der Waals surface area (Å²) in [6, 6.07) is 1.74. The highest BCUT2D eigenvalue weighted by Gasteiger charge is 2.50. The molecule has 3 aliphatic rings. The second-order valence-corrected chi connectivity index (χ2v) is 8.79. The Kier molecular flexibility index (Phi) is 4.14. The fourth-order valence-corrected chi connectivity index (χ4v) is 5.50. The number of nitrogens with one attached hydrogen (secondary N) is 1. The van der Waals surface area contributed by atoms with E-state index in [9.17, 15) is 29.4 Å². The molecule has 0 aliphatic heterocycles. The van der Waals surface area contributed by atoms with E-state index in [1.165, 1.54) is 0 Å². The zero-order valence-corrected chi connectivity index (χ0v) is 17.4. The molecular weight excluding hydrogens is 418 g/mol. The standard InChI is InChI=1S/C22H21N3O7/c1-25(2)11-6-10-20(32-22(31)24-10)15-9(11)4-7-3-8-5-12(26)16(21(23)30)19(29)14(8)17(27)13(7)18(15)28/h6-8,14,26-27H,3-5H2,1-2H3,(H2,23,30)(H,24,31). The van der Waals surface area contributed by atoms with Crippen LogP contribution in [0.1, 0.15) is 28.8 Å². The van der Waals surface area contributed by atoms with Gasteiger partial charge in [0.05, 0.1) is 17.0 Å². The molecule has 0 bridgehead atoms. The van der Waals surface area contributed by atoms with Gasteiger partial charge in [-0.05, 0) is 36.3 Å². The van der Waals surface area contributed by atoms with E-state index in [1.807, 2.05) is 19.0 Å². The number of hydrogen-bond donors (Lipinski definition) is 4. The average Bonchev–Trinajstić information content (AvgIpc) is 3.05. The van der Waals surface area contributed by atoms with Gasteiger partial charge >= 0.3 is 5.76 Å².